The molecule has 6 heteroatoms. The molecule has 1 radical (unpaired) electrons. The van der Waals surface area contributed by atoms with E-state index >= 15 is 0 Å². The molecule has 0 aromatic heterocycles. The molecule has 0 aliphatic heterocycles. The summed E-state index contributed by atoms with van der Waals surface area (Å²) in [5.74, 6) is 1.37. The maximum Gasteiger partial charge on any atom is 2.00 e. The quantitative estimate of drug-likeness (QED) is 0.560. The van der Waals surface area contributed by atoms with Gasteiger partial charge >= 0.3 is 21.1 Å². The first-order valence-electron chi connectivity index (χ1n) is 5.57. The van der Waals surface area contributed by atoms with E-state index in [0.717, 1.165) is 5.75 Å². The van der Waals surface area contributed by atoms with Crippen LogP contribution in [-0.4, -0.2) is 19.9 Å². The summed E-state index contributed by atoms with van der Waals surface area (Å²) in [6, 6.07) is 19.6. The van der Waals surface area contributed by atoms with Crippen LogP contribution in [0.2, 0.25) is 0 Å². The third kappa shape index (κ3) is 15.6. The molecule has 0 saturated carbocycles. The van der Waals surface area contributed by atoms with Gasteiger partial charge < -0.3 is 19.1 Å². The Balaban J connectivity index is -0.000000260. The van der Waals surface area contributed by atoms with E-state index in [9.17, 15) is 4.79 Å². The van der Waals surface area contributed by atoms with E-state index in [-0.39, 0.29) is 53.8 Å². The standard InChI is InChI=1S/C7H4O2.C7H7O.C2H3O.W.Y/c8-6-9-7-4-2-1-3-5-7;1-8-7-5-3-2-4-6-7;1-2-3;;/h2-5H;3-6H,1H3;1H3;;/q-2;2*-1;+2;. The van der Waals surface area contributed by atoms with Gasteiger partial charge in [-0.3, -0.25) is 6.29 Å². The zero-order valence-electron chi connectivity index (χ0n) is 12.2. The van der Waals surface area contributed by atoms with Crippen LogP contribution in [0, 0.1) is 12.1 Å². The predicted molar refractivity (Wildman–Crippen MR) is 74.8 cm³/mol. The van der Waals surface area contributed by atoms with E-state index in [4.69, 9.17) is 9.53 Å². The van der Waals surface area contributed by atoms with E-state index in [2.05, 4.69) is 16.9 Å². The van der Waals surface area contributed by atoms with Gasteiger partial charge in [-0.1, -0.05) is 0 Å². The van der Waals surface area contributed by atoms with Crippen LogP contribution in [0.15, 0.2) is 48.5 Å². The first-order chi connectivity index (χ1) is 9.78. The van der Waals surface area contributed by atoms with Gasteiger partial charge in [-0.2, -0.15) is 43.3 Å². The van der Waals surface area contributed by atoms with Crippen molar-refractivity contribution in [2.75, 3.05) is 7.11 Å². The van der Waals surface area contributed by atoms with Gasteiger partial charge in [0.2, 0.25) is 0 Å². The second-order valence-electron chi connectivity index (χ2n) is 3.07. The molecule has 0 unspecified atom stereocenters. The van der Waals surface area contributed by atoms with Crippen LogP contribution in [-0.2, 0) is 63.4 Å². The molecule has 0 saturated heterocycles. The van der Waals surface area contributed by atoms with Crippen LogP contribution < -0.4 is 9.47 Å². The van der Waals surface area contributed by atoms with Crippen LogP contribution in [0.5, 0.6) is 11.5 Å². The molecule has 0 aliphatic rings. The van der Waals surface area contributed by atoms with Gasteiger partial charge in [0.05, 0.1) is 7.11 Å². The normalized spacial score (nSPS) is 7.18. The summed E-state index contributed by atoms with van der Waals surface area (Å²) in [7, 11) is 1.65. The van der Waals surface area contributed by atoms with E-state index in [1.165, 1.54) is 19.7 Å². The first kappa shape index (κ1) is 26.1. The Kier molecular flexibility index (Phi) is 23.9. The number of carbonyl (C=O) groups excluding carboxylic acids is 2. The minimum Gasteiger partial charge on any atom is -0.633 e. The molecule has 2 rings (SSSR count). The topological polar surface area (TPSA) is 52.6 Å². The molecule has 0 heterocycles. The minimum absolute atomic E-state index is 0. The molecule has 22 heavy (non-hydrogen) atoms. The first-order valence-corrected chi connectivity index (χ1v) is 5.57. The largest absolute Gasteiger partial charge is 2.00 e. The summed E-state index contributed by atoms with van der Waals surface area (Å²) in [6.07, 6.45) is 1.50. The molecule has 2 aromatic carbocycles. The second-order valence-corrected chi connectivity index (χ2v) is 3.07. The maximum absolute atomic E-state index is 9.62. The molecule has 0 bridgehead atoms. The Bertz CT molecular complexity index is 466. The Hall–Kier alpha value is -0.828. The third-order valence-corrected chi connectivity index (χ3v) is 1.77. The second kappa shape index (κ2) is 20.2. The van der Waals surface area contributed by atoms with Crippen molar-refractivity contribution in [3.63, 3.8) is 0 Å². The number of ether oxygens (including phenoxy) is 2. The average Bonchev–Trinajstić information content (AvgIpc) is 2.51. The summed E-state index contributed by atoms with van der Waals surface area (Å²) in [5.41, 5.74) is 0. The van der Waals surface area contributed by atoms with Gasteiger partial charge in [0.25, 0.3) is 0 Å². The van der Waals surface area contributed by atoms with Crippen molar-refractivity contribution in [2.45, 2.75) is 6.92 Å². The molecular formula is C16H14O4WY-2. The van der Waals surface area contributed by atoms with Gasteiger partial charge in [0.15, 0.2) is 6.47 Å². The van der Waals surface area contributed by atoms with Crippen LogP contribution in [0.1, 0.15) is 6.92 Å². The summed E-state index contributed by atoms with van der Waals surface area (Å²) < 4.78 is 9.27. The molecule has 4 nitrogen and oxygen atoms in total. The number of benzene rings is 2. The fourth-order valence-corrected chi connectivity index (χ4v) is 0.995. The molecule has 0 amide bonds. The van der Waals surface area contributed by atoms with Gasteiger partial charge in [-0.05, 0) is 0 Å². The molecule has 0 N–H and O–H groups in total. The Morgan fingerprint density at radius 3 is 1.55 bits per heavy atom. The fraction of sp³-hybridized carbons (Fsp3) is 0.125. The summed E-state index contributed by atoms with van der Waals surface area (Å²) in [4.78, 5) is 18.3. The van der Waals surface area contributed by atoms with Crippen molar-refractivity contribution in [1.82, 2.24) is 0 Å². The fourth-order valence-electron chi connectivity index (χ4n) is 0.995. The molecule has 2 aromatic rings. The predicted octanol–water partition coefficient (Wildman–Crippen LogP) is 2.54. The summed E-state index contributed by atoms with van der Waals surface area (Å²) in [5, 5.41) is 0. The Morgan fingerprint density at radius 1 is 0.909 bits per heavy atom. The number of hydrogen-bond donors (Lipinski definition) is 0. The van der Waals surface area contributed by atoms with Crippen molar-refractivity contribution in [3.8, 4) is 11.5 Å². The van der Waals surface area contributed by atoms with Gasteiger partial charge in [0, 0.05) is 38.5 Å². The number of methoxy groups -OCH3 is 1. The average molecular weight is 543 g/mol. The van der Waals surface area contributed by atoms with Crippen LogP contribution in [0.3, 0.4) is 0 Å². The number of hydrogen-bond acceptors (Lipinski definition) is 4. The van der Waals surface area contributed by atoms with Gasteiger partial charge in [-0.25, -0.2) is 12.1 Å². The summed E-state index contributed by atoms with van der Waals surface area (Å²) in [6.45, 7) is 2.64. The maximum atomic E-state index is 9.62. The van der Waals surface area contributed by atoms with E-state index in [1.807, 2.05) is 24.3 Å². The SMILES string of the molecule is COc1cc[c-]cc1.C[C-]=O.O=[C-]Oc1cc[c-]cc1.[W+2].[Y]. The number of rotatable bonds is 3. The van der Waals surface area contributed by atoms with Crippen molar-refractivity contribution < 1.29 is 72.8 Å². The van der Waals surface area contributed by atoms with Gasteiger partial charge in [0.1, 0.15) is 0 Å². The van der Waals surface area contributed by atoms with E-state index in [1.54, 1.807) is 31.4 Å². The molecule has 0 fully saturated rings. The molecule has 0 spiro atoms. The van der Waals surface area contributed by atoms with Gasteiger partial charge in [-0.15, -0.1) is 17.9 Å². The Labute approximate surface area is 170 Å². The van der Waals surface area contributed by atoms with E-state index in [0.29, 0.717) is 5.75 Å². The molecule has 0 aliphatic carbocycles. The minimum atomic E-state index is 0. The van der Waals surface area contributed by atoms with Crippen molar-refractivity contribution >= 4 is 12.8 Å². The zero-order valence-corrected chi connectivity index (χ0v) is 18.0. The zero-order chi connectivity index (χ0) is 15.1. The smallest absolute Gasteiger partial charge is 0.633 e. The van der Waals surface area contributed by atoms with Crippen molar-refractivity contribution in [3.05, 3.63) is 60.7 Å². The van der Waals surface area contributed by atoms with Crippen LogP contribution in [0.25, 0.3) is 0 Å². The monoisotopic (exact) mass is 543 g/mol. The van der Waals surface area contributed by atoms with Crippen molar-refractivity contribution in [2.24, 2.45) is 0 Å². The Morgan fingerprint density at radius 2 is 1.27 bits per heavy atom. The molecule has 113 valence electrons. The van der Waals surface area contributed by atoms with E-state index < -0.39 is 0 Å². The van der Waals surface area contributed by atoms with Crippen molar-refractivity contribution in [1.29, 1.82) is 0 Å². The summed E-state index contributed by atoms with van der Waals surface area (Å²) >= 11 is 0. The third-order valence-electron chi connectivity index (χ3n) is 1.77. The molecule has 0 atom stereocenters. The van der Waals surface area contributed by atoms with Crippen LogP contribution >= 0.6 is 0 Å². The van der Waals surface area contributed by atoms with Crippen LogP contribution in [0.4, 0.5) is 0 Å². The molecular weight excluding hydrogens is 529 g/mol.